The van der Waals surface area contributed by atoms with Crippen LogP contribution in [-0.2, 0) is 0 Å². The first-order valence-corrected chi connectivity index (χ1v) is 5.93. The standard InChI is InChI=1S/C16H14F2O/c1-2-12-8-9-14(13-6-4-3-5-7-13)10-15(12)19-11-16(17)18/h2-10,16H,1,11H2. The molecule has 0 spiro atoms. The summed E-state index contributed by atoms with van der Waals surface area (Å²) in [7, 11) is 0. The largest absolute Gasteiger partial charge is 0.487 e. The lowest BCUT2D eigenvalue weighted by atomic mass is 10.0. The van der Waals surface area contributed by atoms with Crippen molar-refractivity contribution in [1.82, 2.24) is 0 Å². The van der Waals surface area contributed by atoms with Gasteiger partial charge >= 0.3 is 0 Å². The third-order valence-corrected chi connectivity index (χ3v) is 2.71. The Morgan fingerprint density at radius 3 is 2.42 bits per heavy atom. The first-order valence-electron chi connectivity index (χ1n) is 5.93. The molecule has 0 heterocycles. The molecule has 0 bridgehead atoms. The Hall–Kier alpha value is -2.16. The van der Waals surface area contributed by atoms with E-state index in [4.69, 9.17) is 4.74 Å². The number of alkyl halides is 2. The van der Waals surface area contributed by atoms with E-state index in [0.29, 0.717) is 11.3 Å². The second kappa shape index (κ2) is 6.14. The molecule has 0 aliphatic carbocycles. The predicted octanol–water partition coefficient (Wildman–Crippen LogP) is 4.64. The zero-order chi connectivity index (χ0) is 13.7. The minimum absolute atomic E-state index is 0.427. The Balaban J connectivity index is 2.32. The van der Waals surface area contributed by atoms with Gasteiger partial charge in [0.1, 0.15) is 12.4 Å². The van der Waals surface area contributed by atoms with Crippen molar-refractivity contribution < 1.29 is 13.5 Å². The molecule has 0 unspecified atom stereocenters. The summed E-state index contributed by atoms with van der Waals surface area (Å²) >= 11 is 0. The van der Waals surface area contributed by atoms with Crippen LogP contribution in [0.3, 0.4) is 0 Å². The fraction of sp³-hybridized carbons (Fsp3) is 0.125. The smallest absolute Gasteiger partial charge is 0.272 e. The van der Waals surface area contributed by atoms with Crippen molar-refractivity contribution in [3.63, 3.8) is 0 Å². The van der Waals surface area contributed by atoms with Gasteiger partial charge in [-0.2, -0.15) is 0 Å². The Labute approximate surface area is 111 Å². The second-order valence-corrected chi connectivity index (χ2v) is 4.02. The van der Waals surface area contributed by atoms with Crippen molar-refractivity contribution in [2.75, 3.05) is 6.61 Å². The maximum Gasteiger partial charge on any atom is 0.272 e. The normalized spacial score (nSPS) is 10.5. The molecule has 0 saturated carbocycles. The molecule has 0 radical (unpaired) electrons. The van der Waals surface area contributed by atoms with E-state index < -0.39 is 13.0 Å². The Bertz CT molecular complexity index is 550. The third kappa shape index (κ3) is 3.41. The van der Waals surface area contributed by atoms with E-state index in [0.717, 1.165) is 11.1 Å². The highest BCUT2D eigenvalue weighted by Crippen LogP contribution is 2.28. The number of benzene rings is 2. The van der Waals surface area contributed by atoms with E-state index in [2.05, 4.69) is 6.58 Å². The monoisotopic (exact) mass is 260 g/mol. The molecule has 0 amide bonds. The minimum Gasteiger partial charge on any atom is -0.487 e. The van der Waals surface area contributed by atoms with Crippen LogP contribution in [0, 0.1) is 0 Å². The van der Waals surface area contributed by atoms with Gasteiger partial charge in [-0.05, 0) is 17.2 Å². The topological polar surface area (TPSA) is 9.23 Å². The molecule has 0 N–H and O–H groups in total. The van der Waals surface area contributed by atoms with E-state index in [1.165, 1.54) is 0 Å². The van der Waals surface area contributed by atoms with Crippen LogP contribution >= 0.6 is 0 Å². The maximum atomic E-state index is 12.2. The summed E-state index contributed by atoms with van der Waals surface area (Å²) in [5.74, 6) is 0.427. The molecule has 19 heavy (non-hydrogen) atoms. The van der Waals surface area contributed by atoms with Gasteiger partial charge in [-0.25, -0.2) is 8.78 Å². The Morgan fingerprint density at radius 2 is 1.79 bits per heavy atom. The van der Waals surface area contributed by atoms with Crippen LogP contribution in [0.1, 0.15) is 5.56 Å². The summed E-state index contributed by atoms with van der Waals surface area (Å²) < 4.78 is 29.6. The van der Waals surface area contributed by atoms with Gasteiger partial charge in [-0.15, -0.1) is 0 Å². The van der Waals surface area contributed by atoms with Crippen LogP contribution in [0.2, 0.25) is 0 Å². The van der Waals surface area contributed by atoms with Crippen LogP contribution < -0.4 is 4.74 Å². The number of hydrogen-bond donors (Lipinski definition) is 0. The van der Waals surface area contributed by atoms with Gasteiger partial charge in [0.15, 0.2) is 0 Å². The number of halogens is 2. The zero-order valence-corrected chi connectivity index (χ0v) is 10.4. The molecule has 0 fully saturated rings. The van der Waals surface area contributed by atoms with Crippen LogP contribution in [0.15, 0.2) is 55.1 Å². The van der Waals surface area contributed by atoms with Gasteiger partial charge < -0.3 is 4.74 Å². The average Bonchev–Trinajstić information content (AvgIpc) is 2.45. The molecular weight excluding hydrogens is 246 g/mol. The van der Waals surface area contributed by atoms with E-state index in [1.54, 1.807) is 12.1 Å². The Morgan fingerprint density at radius 1 is 1.05 bits per heavy atom. The lowest BCUT2D eigenvalue weighted by Crippen LogP contribution is -2.07. The molecule has 1 nitrogen and oxygen atoms in total. The molecule has 3 heteroatoms. The first-order chi connectivity index (χ1) is 9.20. The molecule has 0 aliphatic heterocycles. The summed E-state index contributed by atoms with van der Waals surface area (Å²) in [6, 6.07) is 15.2. The molecule has 98 valence electrons. The zero-order valence-electron chi connectivity index (χ0n) is 10.4. The fourth-order valence-corrected chi connectivity index (χ4v) is 1.79. The van der Waals surface area contributed by atoms with Gasteiger partial charge in [-0.3, -0.25) is 0 Å². The van der Waals surface area contributed by atoms with Crippen LogP contribution in [0.4, 0.5) is 8.78 Å². The lowest BCUT2D eigenvalue weighted by Gasteiger charge is -2.11. The van der Waals surface area contributed by atoms with E-state index in [-0.39, 0.29) is 0 Å². The van der Waals surface area contributed by atoms with E-state index in [1.807, 2.05) is 42.5 Å². The summed E-state index contributed by atoms with van der Waals surface area (Å²) in [5.41, 5.74) is 2.65. The number of hydrogen-bond acceptors (Lipinski definition) is 1. The van der Waals surface area contributed by atoms with Crippen molar-refractivity contribution >= 4 is 6.08 Å². The van der Waals surface area contributed by atoms with Gasteiger partial charge in [0.25, 0.3) is 6.43 Å². The SMILES string of the molecule is C=Cc1ccc(-c2ccccc2)cc1OCC(F)F. The van der Waals surface area contributed by atoms with E-state index in [9.17, 15) is 8.78 Å². The minimum atomic E-state index is -2.49. The average molecular weight is 260 g/mol. The molecule has 0 aromatic heterocycles. The number of ether oxygens (including phenoxy) is 1. The van der Waals surface area contributed by atoms with E-state index >= 15 is 0 Å². The summed E-state index contributed by atoms with van der Waals surface area (Å²) in [4.78, 5) is 0. The molecule has 0 aliphatic rings. The van der Waals surface area contributed by atoms with Gasteiger partial charge in [0.05, 0.1) is 0 Å². The number of rotatable bonds is 5. The van der Waals surface area contributed by atoms with Crippen molar-refractivity contribution in [2.45, 2.75) is 6.43 Å². The predicted molar refractivity (Wildman–Crippen MR) is 73.5 cm³/mol. The molecule has 2 rings (SSSR count). The van der Waals surface area contributed by atoms with Crippen LogP contribution in [0.25, 0.3) is 17.2 Å². The molecule has 0 atom stereocenters. The highest BCUT2D eigenvalue weighted by atomic mass is 19.3. The summed E-state index contributed by atoms with van der Waals surface area (Å²) in [6.45, 7) is 3.04. The van der Waals surface area contributed by atoms with Crippen molar-refractivity contribution in [3.8, 4) is 16.9 Å². The lowest BCUT2D eigenvalue weighted by molar-refractivity contribution is 0.0818. The van der Waals surface area contributed by atoms with Crippen molar-refractivity contribution in [1.29, 1.82) is 0 Å². The summed E-state index contributed by atoms with van der Waals surface area (Å²) in [6.07, 6.45) is -0.895. The maximum absolute atomic E-state index is 12.2. The second-order valence-electron chi connectivity index (χ2n) is 4.02. The molecule has 2 aromatic rings. The third-order valence-electron chi connectivity index (χ3n) is 2.71. The quantitative estimate of drug-likeness (QED) is 0.761. The van der Waals surface area contributed by atoms with Crippen LogP contribution in [0.5, 0.6) is 5.75 Å². The highest BCUT2D eigenvalue weighted by Gasteiger charge is 2.08. The first kappa shape index (κ1) is 13.3. The van der Waals surface area contributed by atoms with Gasteiger partial charge in [0.2, 0.25) is 0 Å². The Kier molecular flexibility index (Phi) is 4.29. The molecule has 0 saturated heterocycles. The fourth-order valence-electron chi connectivity index (χ4n) is 1.79. The highest BCUT2D eigenvalue weighted by molar-refractivity contribution is 5.69. The van der Waals surface area contributed by atoms with Crippen molar-refractivity contribution in [3.05, 3.63) is 60.7 Å². The van der Waals surface area contributed by atoms with Gasteiger partial charge in [-0.1, -0.05) is 55.1 Å². The molecule has 2 aromatic carbocycles. The molecular formula is C16H14F2O. The van der Waals surface area contributed by atoms with Gasteiger partial charge in [0, 0.05) is 5.56 Å². The summed E-state index contributed by atoms with van der Waals surface area (Å²) in [5, 5.41) is 0. The van der Waals surface area contributed by atoms with Crippen LogP contribution in [-0.4, -0.2) is 13.0 Å². The van der Waals surface area contributed by atoms with Crippen molar-refractivity contribution in [2.24, 2.45) is 0 Å².